The van der Waals surface area contributed by atoms with Crippen LogP contribution in [0.15, 0.2) is 12.3 Å². The molecule has 0 radical (unpaired) electrons. The van der Waals surface area contributed by atoms with Crippen LogP contribution in [-0.4, -0.2) is 21.3 Å². The van der Waals surface area contributed by atoms with Gasteiger partial charge in [0.05, 0.1) is 0 Å². The quantitative estimate of drug-likeness (QED) is 0.101. The van der Waals surface area contributed by atoms with Crippen molar-refractivity contribution >= 4 is 8.56 Å². The Hall–Kier alpha value is -0.123. The van der Waals surface area contributed by atoms with Crippen LogP contribution in [0.5, 0.6) is 0 Å². The Kier molecular flexibility index (Phi) is 23.0. The van der Waals surface area contributed by atoms with E-state index in [4.69, 9.17) is 8.85 Å². The van der Waals surface area contributed by atoms with E-state index >= 15 is 0 Å². The van der Waals surface area contributed by atoms with Crippen LogP contribution in [0.3, 0.4) is 0 Å². The van der Waals surface area contributed by atoms with Crippen molar-refractivity contribution in [1.29, 1.82) is 0 Å². The normalized spacial score (nSPS) is 14.5. The van der Waals surface area contributed by atoms with Gasteiger partial charge in [-0.1, -0.05) is 130 Å². The largest absolute Gasteiger partial charge is 0.391 e. The predicted molar refractivity (Wildman–Crippen MR) is 142 cm³/mol. The molecule has 0 aliphatic heterocycles. The van der Waals surface area contributed by atoms with E-state index in [1.807, 2.05) is 5.70 Å². The van der Waals surface area contributed by atoms with Gasteiger partial charge in [-0.2, -0.15) is 0 Å². The Bertz CT molecular complexity index is 374. The van der Waals surface area contributed by atoms with Crippen LogP contribution in [0.4, 0.5) is 0 Å². The summed E-state index contributed by atoms with van der Waals surface area (Å²) in [6, 6.07) is 0. The van der Waals surface area contributed by atoms with E-state index in [1.165, 1.54) is 109 Å². The third kappa shape index (κ3) is 20.2. The average molecular weight is 455 g/mol. The average Bonchev–Trinajstić information content (AvgIpc) is 2.77. The zero-order valence-corrected chi connectivity index (χ0v) is 23.0. The van der Waals surface area contributed by atoms with E-state index in [9.17, 15) is 0 Å². The van der Waals surface area contributed by atoms with Gasteiger partial charge in [0.2, 0.25) is 0 Å². The second-order valence-corrected chi connectivity index (χ2v) is 12.7. The highest BCUT2D eigenvalue weighted by Gasteiger charge is 2.30. The van der Waals surface area contributed by atoms with Gasteiger partial charge < -0.3 is 8.85 Å². The van der Waals surface area contributed by atoms with E-state index in [0.717, 1.165) is 25.9 Å². The highest BCUT2D eigenvalue weighted by molar-refractivity contribution is 6.71. The highest BCUT2D eigenvalue weighted by atomic mass is 28.4. The summed E-state index contributed by atoms with van der Waals surface area (Å²) in [5.74, 6) is 0. The minimum Gasteiger partial charge on any atom is -0.391 e. The van der Waals surface area contributed by atoms with Crippen molar-refractivity contribution < 1.29 is 8.85 Å². The summed E-state index contributed by atoms with van der Waals surface area (Å²) in [6.45, 7) is 13.8. The van der Waals surface area contributed by atoms with E-state index in [-0.39, 0.29) is 0 Å². The lowest BCUT2D eigenvalue weighted by atomic mass is 10.0. The molecular formula is C28H58O2Si. The predicted octanol–water partition coefficient (Wildman–Crippen LogP) is 10.0. The van der Waals surface area contributed by atoms with Gasteiger partial charge in [-0.15, -0.1) is 6.58 Å². The van der Waals surface area contributed by atoms with Crippen LogP contribution in [0.2, 0.25) is 6.55 Å². The number of hydrogen-bond donors (Lipinski definition) is 0. The molecule has 2 unspecified atom stereocenters. The summed E-state index contributed by atoms with van der Waals surface area (Å²) in [5.41, 5.74) is 1.98. The van der Waals surface area contributed by atoms with E-state index < -0.39 is 8.56 Å². The van der Waals surface area contributed by atoms with Gasteiger partial charge in [0, 0.05) is 12.7 Å². The summed E-state index contributed by atoms with van der Waals surface area (Å²) in [4.78, 5) is 0. The molecule has 2 atom stereocenters. The number of unbranched alkanes of at least 4 members (excludes halogenated alkanes) is 15. The fourth-order valence-corrected chi connectivity index (χ4v) is 5.97. The zero-order chi connectivity index (χ0) is 23.0. The Morgan fingerprint density at radius 3 is 1.48 bits per heavy atom. The van der Waals surface area contributed by atoms with E-state index in [1.54, 1.807) is 0 Å². The molecule has 0 bridgehead atoms. The summed E-state index contributed by atoms with van der Waals surface area (Å²) >= 11 is 0. The van der Waals surface area contributed by atoms with Crippen molar-refractivity contribution in [2.45, 2.75) is 162 Å². The van der Waals surface area contributed by atoms with Crippen LogP contribution in [0.25, 0.3) is 0 Å². The van der Waals surface area contributed by atoms with E-state index in [0.29, 0.717) is 6.10 Å². The smallest absolute Gasteiger partial charge is 0.361 e. The summed E-state index contributed by atoms with van der Waals surface area (Å²) < 4.78 is 12.7. The number of rotatable bonds is 25. The van der Waals surface area contributed by atoms with Crippen molar-refractivity contribution in [2.24, 2.45) is 0 Å². The molecular weight excluding hydrogens is 396 g/mol. The summed E-state index contributed by atoms with van der Waals surface area (Å²) in [7, 11) is -2.22. The molecule has 0 aliphatic rings. The molecule has 0 aliphatic carbocycles. The van der Waals surface area contributed by atoms with Crippen molar-refractivity contribution in [2.75, 3.05) is 6.61 Å². The SMILES string of the molecule is C=C[Si](C)(OCCCCCCCCCCCCCCCCC)OC(CCC)CCCC. The second kappa shape index (κ2) is 23.0. The molecule has 31 heavy (non-hydrogen) atoms. The van der Waals surface area contributed by atoms with Gasteiger partial charge in [-0.05, 0) is 31.5 Å². The highest BCUT2D eigenvalue weighted by Crippen LogP contribution is 2.20. The molecule has 0 aromatic rings. The minimum absolute atomic E-state index is 0.348. The maximum Gasteiger partial charge on any atom is 0.361 e. The molecule has 2 nitrogen and oxygen atoms in total. The molecule has 0 heterocycles. The fraction of sp³-hybridized carbons (Fsp3) is 0.929. The lowest BCUT2D eigenvalue weighted by Gasteiger charge is -2.29. The molecule has 0 fully saturated rings. The summed E-state index contributed by atoms with van der Waals surface area (Å²) in [6.07, 6.45) is 27.3. The van der Waals surface area contributed by atoms with Crippen molar-refractivity contribution in [3.8, 4) is 0 Å². The molecule has 0 aromatic carbocycles. The molecule has 0 aromatic heterocycles. The lowest BCUT2D eigenvalue weighted by molar-refractivity contribution is 0.108. The van der Waals surface area contributed by atoms with Crippen molar-refractivity contribution in [3.63, 3.8) is 0 Å². The Balaban J connectivity index is 3.61. The molecule has 0 saturated heterocycles. The third-order valence-corrected chi connectivity index (χ3v) is 8.72. The summed E-state index contributed by atoms with van der Waals surface area (Å²) in [5, 5.41) is 0. The van der Waals surface area contributed by atoms with Crippen LogP contribution in [-0.2, 0) is 8.85 Å². The third-order valence-electron chi connectivity index (χ3n) is 6.40. The maximum absolute atomic E-state index is 6.45. The Labute approximate surface area is 198 Å². The minimum atomic E-state index is -2.22. The first-order valence-electron chi connectivity index (χ1n) is 14.1. The molecule has 0 saturated carbocycles. The van der Waals surface area contributed by atoms with Crippen LogP contribution >= 0.6 is 0 Å². The van der Waals surface area contributed by atoms with Gasteiger partial charge in [0.25, 0.3) is 0 Å². The zero-order valence-electron chi connectivity index (χ0n) is 22.0. The maximum atomic E-state index is 6.45. The molecule has 0 amide bonds. The van der Waals surface area contributed by atoms with Gasteiger partial charge in [0.15, 0.2) is 0 Å². The monoisotopic (exact) mass is 454 g/mol. The van der Waals surface area contributed by atoms with Crippen molar-refractivity contribution in [3.05, 3.63) is 12.3 Å². The first-order chi connectivity index (χ1) is 15.1. The van der Waals surface area contributed by atoms with E-state index in [2.05, 4.69) is 33.9 Å². The topological polar surface area (TPSA) is 18.5 Å². The number of hydrogen-bond acceptors (Lipinski definition) is 2. The standard InChI is InChI=1S/C28H58O2Si/c1-6-10-12-13-14-15-16-17-18-19-20-21-22-23-24-27-29-31(5,9-4)30-28(25-8-3)26-11-7-2/h9,28H,4,6-8,10-27H2,1-3,5H3. The van der Waals surface area contributed by atoms with Crippen LogP contribution in [0.1, 0.15) is 149 Å². The van der Waals surface area contributed by atoms with Gasteiger partial charge >= 0.3 is 8.56 Å². The molecule has 3 heteroatoms. The fourth-order valence-electron chi connectivity index (χ4n) is 4.24. The first-order valence-corrected chi connectivity index (χ1v) is 16.5. The Morgan fingerprint density at radius 1 is 0.613 bits per heavy atom. The molecule has 0 spiro atoms. The lowest BCUT2D eigenvalue weighted by Crippen LogP contribution is -2.41. The van der Waals surface area contributed by atoms with Gasteiger partial charge in [-0.3, -0.25) is 0 Å². The molecule has 0 N–H and O–H groups in total. The first kappa shape index (κ1) is 30.9. The van der Waals surface area contributed by atoms with Gasteiger partial charge in [-0.25, -0.2) is 0 Å². The van der Waals surface area contributed by atoms with Gasteiger partial charge in [0.1, 0.15) is 0 Å². The molecule has 186 valence electrons. The van der Waals surface area contributed by atoms with Crippen molar-refractivity contribution in [1.82, 2.24) is 0 Å². The van der Waals surface area contributed by atoms with Crippen LogP contribution in [0, 0.1) is 0 Å². The Morgan fingerprint density at radius 2 is 1.06 bits per heavy atom. The molecule has 0 rings (SSSR count). The second-order valence-electron chi connectivity index (χ2n) is 9.69. The van der Waals surface area contributed by atoms with Crippen LogP contribution < -0.4 is 0 Å².